The van der Waals surface area contributed by atoms with Gasteiger partial charge in [-0.05, 0) is 18.4 Å². The molecule has 1 N–H and O–H groups in total. The van der Waals surface area contributed by atoms with Gasteiger partial charge >= 0.3 is 0 Å². The highest BCUT2D eigenvalue weighted by molar-refractivity contribution is 7.99. The number of para-hydroxylation sites is 1. The lowest BCUT2D eigenvalue weighted by Crippen LogP contribution is -2.24. The van der Waals surface area contributed by atoms with Crippen molar-refractivity contribution in [2.75, 3.05) is 32.2 Å². The van der Waals surface area contributed by atoms with Crippen LogP contribution < -0.4 is 5.32 Å². The minimum Gasteiger partial charge on any atom is -0.383 e. The Labute approximate surface area is 114 Å². The summed E-state index contributed by atoms with van der Waals surface area (Å²) in [5, 5.41) is 3.63. The number of sulfonamides is 1. The van der Waals surface area contributed by atoms with Gasteiger partial charge in [-0.1, -0.05) is 19.1 Å². The number of anilines is 1. The summed E-state index contributed by atoms with van der Waals surface area (Å²) < 4.78 is 25.5. The first kappa shape index (κ1) is 15.3. The van der Waals surface area contributed by atoms with E-state index in [0.29, 0.717) is 15.8 Å². The molecular weight excluding hydrogens is 268 g/mol. The SMILES string of the molecule is CSC(C)CNc1ccccc1S(=O)(=O)N(C)C. The van der Waals surface area contributed by atoms with Crippen LogP contribution in [0.3, 0.4) is 0 Å². The summed E-state index contributed by atoms with van der Waals surface area (Å²) in [6.07, 6.45) is 2.04. The maximum Gasteiger partial charge on any atom is 0.244 e. The van der Waals surface area contributed by atoms with Crippen molar-refractivity contribution in [1.29, 1.82) is 0 Å². The van der Waals surface area contributed by atoms with Crippen LogP contribution in [0.1, 0.15) is 6.92 Å². The van der Waals surface area contributed by atoms with Crippen LogP contribution in [-0.2, 0) is 10.0 Å². The summed E-state index contributed by atoms with van der Waals surface area (Å²) in [4.78, 5) is 0.323. The molecule has 18 heavy (non-hydrogen) atoms. The molecule has 1 rings (SSSR count). The number of benzene rings is 1. The zero-order chi connectivity index (χ0) is 13.8. The molecule has 0 aliphatic heterocycles. The molecule has 0 saturated heterocycles. The Balaban J connectivity index is 3.01. The van der Waals surface area contributed by atoms with E-state index in [4.69, 9.17) is 0 Å². The molecule has 0 saturated carbocycles. The fourth-order valence-electron chi connectivity index (χ4n) is 1.37. The van der Waals surface area contributed by atoms with Gasteiger partial charge in [0.2, 0.25) is 10.0 Å². The van der Waals surface area contributed by atoms with E-state index >= 15 is 0 Å². The minimum absolute atomic E-state index is 0.323. The molecule has 0 bridgehead atoms. The summed E-state index contributed by atoms with van der Waals surface area (Å²) in [6.45, 7) is 2.84. The molecule has 0 radical (unpaired) electrons. The predicted octanol–water partition coefficient (Wildman–Crippen LogP) is 2.10. The van der Waals surface area contributed by atoms with Crippen LogP contribution in [-0.4, -0.2) is 44.9 Å². The Morgan fingerprint density at radius 3 is 2.50 bits per heavy atom. The Kier molecular flexibility index (Phi) is 5.49. The molecule has 0 aliphatic carbocycles. The van der Waals surface area contributed by atoms with E-state index in [1.165, 1.54) is 18.4 Å². The van der Waals surface area contributed by atoms with Crippen molar-refractivity contribution in [3.63, 3.8) is 0 Å². The van der Waals surface area contributed by atoms with Gasteiger partial charge in [0.25, 0.3) is 0 Å². The van der Waals surface area contributed by atoms with Crippen molar-refractivity contribution in [2.24, 2.45) is 0 Å². The Morgan fingerprint density at radius 1 is 1.33 bits per heavy atom. The third-order valence-corrected chi connectivity index (χ3v) is 5.47. The van der Waals surface area contributed by atoms with Crippen LogP contribution in [0, 0.1) is 0 Å². The van der Waals surface area contributed by atoms with Gasteiger partial charge in [0.15, 0.2) is 0 Å². The van der Waals surface area contributed by atoms with E-state index in [0.717, 1.165) is 6.54 Å². The number of hydrogen-bond acceptors (Lipinski definition) is 4. The van der Waals surface area contributed by atoms with Crippen LogP contribution in [0.2, 0.25) is 0 Å². The quantitative estimate of drug-likeness (QED) is 0.871. The number of hydrogen-bond donors (Lipinski definition) is 1. The van der Waals surface area contributed by atoms with Gasteiger partial charge in [-0.15, -0.1) is 0 Å². The predicted molar refractivity (Wildman–Crippen MR) is 78.8 cm³/mol. The van der Waals surface area contributed by atoms with Crippen LogP contribution >= 0.6 is 11.8 Å². The smallest absolute Gasteiger partial charge is 0.244 e. The maximum atomic E-state index is 12.1. The lowest BCUT2D eigenvalue weighted by Gasteiger charge is -2.17. The van der Waals surface area contributed by atoms with E-state index in [2.05, 4.69) is 12.2 Å². The van der Waals surface area contributed by atoms with Gasteiger partial charge in [0, 0.05) is 25.9 Å². The van der Waals surface area contributed by atoms with Crippen molar-refractivity contribution >= 4 is 27.5 Å². The lowest BCUT2D eigenvalue weighted by atomic mass is 10.3. The topological polar surface area (TPSA) is 49.4 Å². The molecule has 6 heteroatoms. The van der Waals surface area contributed by atoms with E-state index in [1.54, 1.807) is 30.0 Å². The van der Waals surface area contributed by atoms with Gasteiger partial charge in [-0.25, -0.2) is 12.7 Å². The van der Waals surface area contributed by atoms with Crippen LogP contribution in [0.15, 0.2) is 29.2 Å². The van der Waals surface area contributed by atoms with Crippen LogP contribution in [0.5, 0.6) is 0 Å². The highest BCUT2D eigenvalue weighted by Gasteiger charge is 2.20. The number of nitrogens with zero attached hydrogens (tertiary/aromatic N) is 1. The molecule has 0 spiro atoms. The zero-order valence-electron chi connectivity index (χ0n) is 11.2. The van der Waals surface area contributed by atoms with E-state index in [9.17, 15) is 8.42 Å². The molecule has 0 aromatic heterocycles. The van der Waals surface area contributed by atoms with Gasteiger partial charge in [0.05, 0.1) is 5.69 Å². The third-order valence-electron chi connectivity index (χ3n) is 2.63. The number of nitrogens with one attached hydrogen (secondary N) is 1. The molecule has 1 aromatic carbocycles. The van der Waals surface area contributed by atoms with Gasteiger partial charge in [-0.2, -0.15) is 11.8 Å². The number of rotatable bonds is 6. The van der Waals surface area contributed by atoms with E-state index in [-0.39, 0.29) is 0 Å². The second kappa shape index (κ2) is 6.45. The molecule has 1 aromatic rings. The highest BCUT2D eigenvalue weighted by atomic mass is 32.2. The second-order valence-electron chi connectivity index (χ2n) is 4.21. The largest absolute Gasteiger partial charge is 0.383 e. The summed E-state index contributed by atoms with van der Waals surface area (Å²) in [6, 6.07) is 6.99. The summed E-state index contributed by atoms with van der Waals surface area (Å²) in [5.74, 6) is 0. The third kappa shape index (κ3) is 3.63. The van der Waals surface area contributed by atoms with Crippen molar-refractivity contribution in [2.45, 2.75) is 17.1 Å². The van der Waals surface area contributed by atoms with Crippen molar-refractivity contribution in [3.05, 3.63) is 24.3 Å². The molecule has 0 heterocycles. The first-order valence-corrected chi connectivity index (χ1v) is 8.40. The fourth-order valence-corrected chi connectivity index (χ4v) is 2.68. The minimum atomic E-state index is -3.40. The average molecular weight is 288 g/mol. The second-order valence-corrected chi connectivity index (χ2v) is 7.61. The molecule has 0 amide bonds. The first-order valence-electron chi connectivity index (χ1n) is 5.67. The maximum absolute atomic E-state index is 12.1. The Bertz CT molecular complexity index is 487. The Hall–Kier alpha value is -0.720. The van der Waals surface area contributed by atoms with Crippen LogP contribution in [0.4, 0.5) is 5.69 Å². The van der Waals surface area contributed by atoms with Gasteiger partial charge < -0.3 is 5.32 Å². The Morgan fingerprint density at radius 2 is 1.94 bits per heavy atom. The normalized spacial score (nSPS) is 13.6. The van der Waals surface area contributed by atoms with Crippen molar-refractivity contribution in [1.82, 2.24) is 4.31 Å². The van der Waals surface area contributed by atoms with E-state index in [1.807, 2.05) is 12.3 Å². The number of thioether (sulfide) groups is 1. The molecule has 1 unspecified atom stereocenters. The molecule has 102 valence electrons. The van der Waals surface area contributed by atoms with Gasteiger partial charge in [0.1, 0.15) is 4.90 Å². The molecule has 1 atom stereocenters. The van der Waals surface area contributed by atoms with Crippen molar-refractivity contribution < 1.29 is 8.42 Å². The van der Waals surface area contributed by atoms with Gasteiger partial charge in [-0.3, -0.25) is 0 Å². The summed E-state index contributed by atoms with van der Waals surface area (Å²) in [7, 11) is -0.321. The molecular formula is C12H20N2O2S2. The molecule has 0 aliphatic rings. The standard InChI is InChI=1S/C12H20N2O2S2/c1-10(17-4)9-13-11-7-5-6-8-12(11)18(15,16)14(2)3/h5-8,10,13H,9H2,1-4H3. The first-order chi connectivity index (χ1) is 8.39. The zero-order valence-corrected chi connectivity index (χ0v) is 12.8. The lowest BCUT2D eigenvalue weighted by molar-refractivity contribution is 0.521. The average Bonchev–Trinajstić information content (AvgIpc) is 2.35. The monoisotopic (exact) mass is 288 g/mol. The van der Waals surface area contributed by atoms with E-state index < -0.39 is 10.0 Å². The van der Waals surface area contributed by atoms with Crippen molar-refractivity contribution in [3.8, 4) is 0 Å². The highest BCUT2D eigenvalue weighted by Crippen LogP contribution is 2.23. The van der Waals surface area contributed by atoms with Crippen LogP contribution in [0.25, 0.3) is 0 Å². The summed E-state index contributed by atoms with van der Waals surface area (Å²) >= 11 is 1.74. The molecule has 4 nitrogen and oxygen atoms in total. The molecule has 0 fully saturated rings. The fraction of sp³-hybridized carbons (Fsp3) is 0.500. The summed E-state index contributed by atoms with van der Waals surface area (Å²) in [5.41, 5.74) is 0.659.